The number of nitrogens with zero attached hydrogens (tertiary/aromatic N) is 3. The van der Waals surface area contributed by atoms with Crippen LogP contribution >= 0.6 is 11.8 Å². The summed E-state index contributed by atoms with van der Waals surface area (Å²) in [5.41, 5.74) is 1.17. The first-order valence-electron chi connectivity index (χ1n) is 6.87. The largest absolute Gasteiger partial charge is 0.481 e. The fourth-order valence-electron chi connectivity index (χ4n) is 2.01. The van der Waals surface area contributed by atoms with E-state index in [0.717, 1.165) is 12.4 Å². The Morgan fingerprint density at radius 1 is 1.29 bits per heavy atom. The topological polar surface area (TPSA) is 68.0 Å². The van der Waals surface area contributed by atoms with Crippen molar-refractivity contribution in [3.05, 3.63) is 41.7 Å². The van der Waals surface area contributed by atoms with Crippen molar-refractivity contribution in [3.63, 3.8) is 0 Å². The molecule has 0 atom stereocenters. The van der Waals surface area contributed by atoms with Gasteiger partial charge in [-0.1, -0.05) is 55.9 Å². The molecule has 112 valence electrons. The van der Waals surface area contributed by atoms with Crippen LogP contribution in [-0.4, -0.2) is 31.6 Å². The van der Waals surface area contributed by atoms with Gasteiger partial charge in [0.1, 0.15) is 5.82 Å². The van der Waals surface area contributed by atoms with Crippen LogP contribution < -0.4 is 0 Å². The second-order valence-corrected chi connectivity index (χ2v) is 6.19. The van der Waals surface area contributed by atoms with Crippen molar-refractivity contribution in [1.82, 2.24) is 14.8 Å². The monoisotopic (exact) mass is 305 g/mol. The molecular weight excluding hydrogens is 286 g/mol. The summed E-state index contributed by atoms with van der Waals surface area (Å²) in [7, 11) is 0. The zero-order chi connectivity index (χ0) is 15.2. The van der Waals surface area contributed by atoms with Gasteiger partial charge < -0.3 is 9.67 Å². The molecule has 1 heterocycles. The van der Waals surface area contributed by atoms with Gasteiger partial charge in [0.05, 0.1) is 5.75 Å². The van der Waals surface area contributed by atoms with E-state index < -0.39 is 5.97 Å². The van der Waals surface area contributed by atoms with Crippen molar-refractivity contribution in [1.29, 1.82) is 0 Å². The summed E-state index contributed by atoms with van der Waals surface area (Å²) in [5.74, 6) is 0.480. The molecule has 0 aliphatic carbocycles. The molecule has 0 fully saturated rings. The number of carboxylic acids is 1. The average Bonchev–Trinajstić information content (AvgIpc) is 2.79. The molecule has 0 aliphatic heterocycles. The van der Waals surface area contributed by atoms with Crippen LogP contribution in [0.2, 0.25) is 0 Å². The Labute approximate surface area is 128 Å². The molecule has 1 N–H and O–H groups in total. The Kier molecular flexibility index (Phi) is 5.38. The number of thioether (sulfide) groups is 1. The first kappa shape index (κ1) is 15.6. The first-order chi connectivity index (χ1) is 10.1. The lowest BCUT2D eigenvalue weighted by Gasteiger charge is -2.12. The number of carboxylic acid groups (broad SMARTS) is 1. The predicted octanol–water partition coefficient (Wildman–Crippen LogP) is 2.70. The Bertz CT molecular complexity index is 596. The van der Waals surface area contributed by atoms with E-state index in [-0.39, 0.29) is 5.75 Å². The van der Waals surface area contributed by atoms with Crippen LogP contribution in [0.5, 0.6) is 0 Å². The molecule has 1 aromatic carbocycles. The maximum absolute atomic E-state index is 10.7. The zero-order valence-corrected chi connectivity index (χ0v) is 13.0. The molecule has 0 saturated carbocycles. The summed E-state index contributed by atoms with van der Waals surface area (Å²) in [6.45, 7) is 5.03. The van der Waals surface area contributed by atoms with Gasteiger partial charge in [0.25, 0.3) is 0 Å². The van der Waals surface area contributed by atoms with E-state index in [1.807, 2.05) is 22.8 Å². The van der Waals surface area contributed by atoms with Crippen molar-refractivity contribution < 1.29 is 9.90 Å². The quantitative estimate of drug-likeness (QED) is 0.797. The maximum Gasteiger partial charge on any atom is 0.313 e. The molecular formula is C15H19N3O2S. The molecule has 1 aromatic heterocycles. The summed E-state index contributed by atoms with van der Waals surface area (Å²) in [6, 6.07) is 10.1. The van der Waals surface area contributed by atoms with Crippen molar-refractivity contribution in [2.24, 2.45) is 5.92 Å². The number of hydrogen-bond acceptors (Lipinski definition) is 4. The van der Waals surface area contributed by atoms with E-state index in [0.29, 0.717) is 17.5 Å². The summed E-state index contributed by atoms with van der Waals surface area (Å²) >= 11 is 1.22. The molecule has 0 bridgehead atoms. The van der Waals surface area contributed by atoms with Gasteiger partial charge in [-0.25, -0.2) is 0 Å². The van der Waals surface area contributed by atoms with Gasteiger partial charge in [-0.15, -0.1) is 10.2 Å². The highest BCUT2D eigenvalue weighted by atomic mass is 32.2. The van der Waals surface area contributed by atoms with E-state index in [2.05, 4.69) is 36.2 Å². The third kappa shape index (κ3) is 4.60. The Morgan fingerprint density at radius 3 is 2.62 bits per heavy atom. The minimum Gasteiger partial charge on any atom is -0.481 e. The minimum atomic E-state index is -0.844. The number of benzene rings is 1. The molecule has 6 heteroatoms. The standard InChI is InChI=1S/C15H19N3O2S/c1-11(2)9-18-13(8-12-6-4-3-5-7-12)16-17-15(18)21-10-14(19)20/h3-7,11H,8-10H2,1-2H3,(H,19,20). The van der Waals surface area contributed by atoms with Gasteiger partial charge in [0, 0.05) is 13.0 Å². The third-order valence-electron chi connectivity index (χ3n) is 2.87. The lowest BCUT2D eigenvalue weighted by molar-refractivity contribution is -0.133. The molecule has 2 aromatic rings. The van der Waals surface area contributed by atoms with Gasteiger partial charge in [-0.2, -0.15) is 0 Å². The van der Waals surface area contributed by atoms with Crippen LogP contribution in [0, 0.1) is 5.92 Å². The summed E-state index contributed by atoms with van der Waals surface area (Å²) in [4.78, 5) is 10.7. The predicted molar refractivity (Wildman–Crippen MR) is 82.5 cm³/mol. The fraction of sp³-hybridized carbons (Fsp3) is 0.400. The number of aliphatic carboxylic acids is 1. The highest BCUT2D eigenvalue weighted by Gasteiger charge is 2.15. The number of carbonyl (C=O) groups is 1. The van der Waals surface area contributed by atoms with E-state index in [1.165, 1.54) is 17.3 Å². The molecule has 0 aliphatic rings. The summed E-state index contributed by atoms with van der Waals surface area (Å²) in [5, 5.41) is 17.9. The van der Waals surface area contributed by atoms with Crippen LogP contribution in [0.1, 0.15) is 25.2 Å². The number of rotatable bonds is 7. The van der Waals surface area contributed by atoms with E-state index in [4.69, 9.17) is 5.11 Å². The van der Waals surface area contributed by atoms with Crippen LogP contribution in [0.3, 0.4) is 0 Å². The minimum absolute atomic E-state index is 0.00155. The maximum atomic E-state index is 10.7. The third-order valence-corrected chi connectivity index (χ3v) is 3.82. The Balaban J connectivity index is 2.21. The second-order valence-electron chi connectivity index (χ2n) is 5.25. The molecule has 0 unspecified atom stereocenters. The molecule has 0 spiro atoms. The smallest absolute Gasteiger partial charge is 0.313 e. The van der Waals surface area contributed by atoms with Crippen LogP contribution in [0.15, 0.2) is 35.5 Å². The van der Waals surface area contributed by atoms with Crippen molar-refractivity contribution in [3.8, 4) is 0 Å². The molecule has 2 rings (SSSR count). The van der Waals surface area contributed by atoms with Gasteiger partial charge in [0.2, 0.25) is 0 Å². The molecule has 0 amide bonds. The Hall–Kier alpha value is -1.82. The lowest BCUT2D eigenvalue weighted by Crippen LogP contribution is -2.11. The highest BCUT2D eigenvalue weighted by molar-refractivity contribution is 7.99. The van der Waals surface area contributed by atoms with E-state index >= 15 is 0 Å². The lowest BCUT2D eigenvalue weighted by atomic mass is 10.1. The molecule has 0 radical (unpaired) electrons. The van der Waals surface area contributed by atoms with Crippen LogP contribution in [0.25, 0.3) is 0 Å². The van der Waals surface area contributed by atoms with Gasteiger partial charge in [0.15, 0.2) is 5.16 Å². The van der Waals surface area contributed by atoms with E-state index in [9.17, 15) is 4.79 Å². The first-order valence-corrected chi connectivity index (χ1v) is 7.85. The number of aromatic nitrogens is 3. The molecule has 21 heavy (non-hydrogen) atoms. The highest BCUT2D eigenvalue weighted by Crippen LogP contribution is 2.20. The SMILES string of the molecule is CC(C)Cn1c(Cc2ccccc2)nnc1SCC(=O)O. The second kappa shape index (κ2) is 7.26. The number of hydrogen-bond donors (Lipinski definition) is 1. The van der Waals surface area contributed by atoms with Gasteiger partial charge in [-0.3, -0.25) is 4.79 Å². The van der Waals surface area contributed by atoms with Crippen molar-refractivity contribution in [2.45, 2.75) is 32.0 Å². The van der Waals surface area contributed by atoms with Crippen molar-refractivity contribution >= 4 is 17.7 Å². The zero-order valence-electron chi connectivity index (χ0n) is 12.2. The molecule has 0 saturated heterocycles. The van der Waals surface area contributed by atoms with Gasteiger partial charge >= 0.3 is 5.97 Å². The average molecular weight is 305 g/mol. The van der Waals surface area contributed by atoms with Gasteiger partial charge in [-0.05, 0) is 11.5 Å². The van der Waals surface area contributed by atoms with E-state index in [1.54, 1.807) is 0 Å². The normalized spacial score (nSPS) is 11.0. The fourth-order valence-corrected chi connectivity index (χ4v) is 2.70. The van der Waals surface area contributed by atoms with Crippen LogP contribution in [0.4, 0.5) is 0 Å². The van der Waals surface area contributed by atoms with Crippen molar-refractivity contribution in [2.75, 3.05) is 5.75 Å². The molecule has 5 nitrogen and oxygen atoms in total. The van der Waals surface area contributed by atoms with Crippen LogP contribution in [-0.2, 0) is 17.8 Å². The summed E-state index contributed by atoms with van der Waals surface area (Å²) in [6.07, 6.45) is 0.703. The Morgan fingerprint density at radius 2 is 2.00 bits per heavy atom. The summed E-state index contributed by atoms with van der Waals surface area (Å²) < 4.78 is 2.03.